The summed E-state index contributed by atoms with van der Waals surface area (Å²) in [6.07, 6.45) is 9.20. The second kappa shape index (κ2) is 4.77. The number of halogens is 1. The third kappa shape index (κ3) is 2.76. The molecule has 3 rings (SSSR count). The maximum atomic E-state index is 12.2. The average molecular weight is 259 g/mol. The maximum absolute atomic E-state index is 12.2. The number of hydrogen-bond acceptors (Lipinski definition) is 2. The van der Waals surface area contributed by atoms with E-state index in [1.54, 1.807) is 0 Å². The van der Waals surface area contributed by atoms with E-state index in [-0.39, 0.29) is 18.3 Å². The SMILES string of the molecule is Cl.NC1(C(=O)NC(C2CC2)C2CC2)CCCC1. The third-order valence-electron chi connectivity index (χ3n) is 4.51. The smallest absolute Gasteiger partial charge is 0.240 e. The number of hydrogen-bond donors (Lipinski definition) is 2. The largest absolute Gasteiger partial charge is 0.351 e. The Labute approximate surface area is 109 Å². The van der Waals surface area contributed by atoms with Crippen LogP contribution in [0.25, 0.3) is 0 Å². The fourth-order valence-corrected chi connectivity index (χ4v) is 3.06. The van der Waals surface area contributed by atoms with Crippen molar-refractivity contribution in [1.82, 2.24) is 5.32 Å². The Morgan fingerprint density at radius 3 is 2.00 bits per heavy atom. The van der Waals surface area contributed by atoms with Crippen LogP contribution in [0, 0.1) is 11.8 Å². The van der Waals surface area contributed by atoms with E-state index in [1.165, 1.54) is 25.7 Å². The summed E-state index contributed by atoms with van der Waals surface area (Å²) in [6, 6.07) is 0.452. The zero-order valence-electron chi connectivity index (χ0n) is 10.3. The van der Waals surface area contributed by atoms with Crippen molar-refractivity contribution in [1.29, 1.82) is 0 Å². The maximum Gasteiger partial charge on any atom is 0.240 e. The molecule has 0 atom stereocenters. The van der Waals surface area contributed by atoms with E-state index < -0.39 is 5.54 Å². The van der Waals surface area contributed by atoms with Crippen molar-refractivity contribution in [2.24, 2.45) is 17.6 Å². The second-order valence-corrected chi connectivity index (χ2v) is 6.04. The Balaban J connectivity index is 0.00000108. The van der Waals surface area contributed by atoms with Gasteiger partial charge in [0.05, 0.1) is 5.54 Å². The van der Waals surface area contributed by atoms with Crippen LogP contribution in [0.5, 0.6) is 0 Å². The molecule has 1 amide bonds. The lowest BCUT2D eigenvalue weighted by Crippen LogP contribution is -2.55. The minimum atomic E-state index is -0.540. The van der Waals surface area contributed by atoms with Crippen LogP contribution in [-0.4, -0.2) is 17.5 Å². The van der Waals surface area contributed by atoms with E-state index in [9.17, 15) is 4.79 Å². The van der Waals surface area contributed by atoms with E-state index >= 15 is 0 Å². The predicted molar refractivity (Wildman–Crippen MR) is 70.0 cm³/mol. The molecule has 0 heterocycles. The van der Waals surface area contributed by atoms with Crippen LogP contribution in [0.1, 0.15) is 51.4 Å². The highest BCUT2D eigenvalue weighted by Gasteiger charge is 2.45. The van der Waals surface area contributed by atoms with Crippen molar-refractivity contribution in [3.63, 3.8) is 0 Å². The lowest BCUT2D eigenvalue weighted by atomic mass is 9.96. The Hall–Kier alpha value is -0.280. The summed E-state index contributed by atoms with van der Waals surface area (Å²) in [5.41, 5.74) is 5.64. The summed E-state index contributed by atoms with van der Waals surface area (Å²) < 4.78 is 0. The normalized spacial score (nSPS) is 26.7. The van der Waals surface area contributed by atoms with Gasteiger partial charge < -0.3 is 11.1 Å². The van der Waals surface area contributed by atoms with Gasteiger partial charge in [-0.25, -0.2) is 0 Å². The molecule has 98 valence electrons. The van der Waals surface area contributed by atoms with Gasteiger partial charge in [-0.3, -0.25) is 4.79 Å². The van der Waals surface area contributed by atoms with E-state index in [2.05, 4.69) is 5.32 Å². The highest BCUT2D eigenvalue weighted by atomic mass is 35.5. The molecule has 3 fully saturated rings. The fraction of sp³-hybridized carbons (Fsp3) is 0.923. The molecule has 3 N–H and O–H groups in total. The summed E-state index contributed by atoms with van der Waals surface area (Å²) in [5.74, 6) is 1.66. The van der Waals surface area contributed by atoms with Gasteiger partial charge in [-0.05, 0) is 50.4 Å². The molecule has 0 saturated heterocycles. The number of nitrogens with two attached hydrogens (primary N) is 1. The number of carbonyl (C=O) groups is 1. The molecule has 0 unspecified atom stereocenters. The van der Waals surface area contributed by atoms with Gasteiger partial charge in [0.15, 0.2) is 0 Å². The van der Waals surface area contributed by atoms with Gasteiger partial charge in [0.2, 0.25) is 5.91 Å². The van der Waals surface area contributed by atoms with Crippen molar-refractivity contribution < 1.29 is 4.79 Å². The second-order valence-electron chi connectivity index (χ2n) is 6.04. The average Bonchev–Trinajstić information content (AvgIpc) is 3.16. The van der Waals surface area contributed by atoms with Crippen molar-refractivity contribution in [2.75, 3.05) is 0 Å². The summed E-state index contributed by atoms with van der Waals surface area (Å²) in [6.45, 7) is 0. The first-order valence-corrected chi connectivity index (χ1v) is 6.79. The Kier molecular flexibility index (Phi) is 3.69. The molecule has 0 radical (unpaired) electrons. The number of amides is 1. The van der Waals surface area contributed by atoms with Gasteiger partial charge in [-0.2, -0.15) is 0 Å². The summed E-state index contributed by atoms with van der Waals surface area (Å²) in [7, 11) is 0. The molecule has 3 nitrogen and oxygen atoms in total. The highest BCUT2D eigenvalue weighted by molar-refractivity contribution is 5.86. The van der Waals surface area contributed by atoms with Crippen LogP contribution in [0.2, 0.25) is 0 Å². The monoisotopic (exact) mass is 258 g/mol. The van der Waals surface area contributed by atoms with Gasteiger partial charge in [-0.1, -0.05) is 12.8 Å². The molecule has 0 aliphatic heterocycles. The molecule has 0 spiro atoms. The first kappa shape index (κ1) is 13.2. The molecule has 0 aromatic carbocycles. The number of rotatable bonds is 4. The molecular formula is C13H23ClN2O. The quantitative estimate of drug-likeness (QED) is 0.810. The molecular weight excluding hydrogens is 236 g/mol. The minimum absolute atomic E-state index is 0. The zero-order valence-corrected chi connectivity index (χ0v) is 11.1. The van der Waals surface area contributed by atoms with Gasteiger partial charge in [0, 0.05) is 6.04 Å². The Morgan fingerprint density at radius 2 is 1.59 bits per heavy atom. The first-order chi connectivity index (χ1) is 7.69. The zero-order chi connectivity index (χ0) is 11.2. The van der Waals surface area contributed by atoms with Gasteiger partial charge >= 0.3 is 0 Å². The van der Waals surface area contributed by atoms with Crippen LogP contribution in [0.3, 0.4) is 0 Å². The minimum Gasteiger partial charge on any atom is -0.351 e. The standard InChI is InChI=1S/C13H22N2O.ClH/c14-13(7-1-2-8-13)12(16)15-11(9-3-4-9)10-5-6-10;/h9-11H,1-8,14H2,(H,15,16);1H. The molecule has 3 aliphatic rings. The topological polar surface area (TPSA) is 55.1 Å². The molecule has 3 aliphatic carbocycles. The molecule has 17 heavy (non-hydrogen) atoms. The van der Waals surface area contributed by atoms with Crippen molar-refractivity contribution in [3.8, 4) is 0 Å². The molecule has 4 heteroatoms. The summed E-state index contributed by atoms with van der Waals surface area (Å²) in [5, 5.41) is 3.26. The Bertz CT molecular complexity index is 282. The summed E-state index contributed by atoms with van der Waals surface area (Å²) >= 11 is 0. The lowest BCUT2D eigenvalue weighted by Gasteiger charge is -2.26. The number of nitrogens with one attached hydrogen (secondary N) is 1. The molecule has 0 aromatic rings. The van der Waals surface area contributed by atoms with E-state index in [4.69, 9.17) is 5.73 Å². The van der Waals surface area contributed by atoms with Gasteiger partial charge in [0.25, 0.3) is 0 Å². The van der Waals surface area contributed by atoms with Crippen molar-refractivity contribution in [2.45, 2.75) is 62.9 Å². The van der Waals surface area contributed by atoms with Crippen LogP contribution in [0.15, 0.2) is 0 Å². The van der Waals surface area contributed by atoms with Gasteiger partial charge in [0.1, 0.15) is 0 Å². The van der Waals surface area contributed by atoms with Crippen LogP contribution < -0.4 is 11.1 Å². The highest BCUT2D eigenvalue weighted by Crippen LogP contribution is 2.44. The van der Waals surface area contributed by atoms with E-state index in [0.29, 0.717) is 6.04 Å². The number of carbonyl (C=O) groups excluding carboxylic acids is 1. The first-order valence-electron chi connectivity index (χ1n) is 6.79. The van der Waals surface area contributed by atoms with Crippen molar-refractivity contribution >= 4 is 18.3 Å². The molecule has 0 aromatic heterocycles. The van der Waals surface area contributed by atoms with Crippen LogP contribution in [-0.2, 0) is 4.79 Å². The Morgan fingerprint density at radius 1 is 1.12 bits per heavy atom. The third-order valence-corrected chi connectivity index (χ3v) is 4.51. The van der Waals surface area contributed by atoms with E-state index in [0.717, 1.165) is 37.5 Å². The van der Waals surface area contributed by atoms with Crippen molar-refractivity contribution in [3.05, 3.63) is 0 Å². The van der Waals surface area contributed by atoms with E-state index in [1.807, 2.05) is 0 Å². The predicted octanol–water partition coefficient (Wildman–Crippen LogP) is 1.98. The fourth-order valence-electron chi connectivity index (χ4n) is 3.06. The van der Waals surface area contributed by atoms with Crippen LogP contribution in [0.4, 0.5) is 0 Å². The van der Waals surface area contributed by atoms with Crippen LogP contribution >= 0.6 is 12.4 Å². The molecule has 3 saturated carbocycles. The lowest BCUT2D eigenvalue weighted by molar-refractivity contribution is -0.127. The van der Waals surface area contributed by atoms with Gasteiger partial charge in [-0.15, -0.1) is 12.4 Å². The summed E-state index contributed by atoms with van der Waals surface area (Å²) in [4.78, 5) is 12.2. The molecule has 0 bridgehead atoms.